The summed E-state index contributed by atoms with van der Waals surface area (Å²) in [5, 5.41) is 12.1. The largest absolute Gasteiger partial charge is 0.394 e. The summed E-state index contributed by atoms with van der Waals surface area (Å²) < 4.78 is 0.862. The molecule has 0 spiro atoms. The maximum atomic E-state index is 12.1. The second kappa shape index (κ2) is 5.71. The first kappa shape index (κ1) is 13.4. The summed E-state index contributed by atoms with van der Waals surface area (Å²) in [6.07, 6.45) is 1.83. The number of aryl methyl sites for hydroxylation is 1. The first-order valence-electron chi connectivity index (χ1n) is 6.06. The predicted molar refractivity (Wildman–Crippen MR) is 74.7 cm³/mol. The van der Waals surface area contributed by atoms with Crippen molar-refractivity contribution in [1.29, 1.82) is 0 Å². The molecule has 1 aromatic rings. The van der Waals surface area contributed by atoms with Crippen molar-refractivity contribution in [3.63, 3.8) is 0 Å². The first-order chi connectivity index (χ1) is 8.61. The van der Waals surface area contributed by atoms with Crippen LogP contribution in [0.3, 0.4) is 0 Å². The van der Waals surface area contributed by atoms with E-state index in [1.54, 1.807) is 4.90 Å². The van der Waals surface area contributed by atoms with Crippen LogP contribution in [-0.4, -0.2) is 35.2 Å². The fourth-order valence-electron chi connectivity index (χ4n) is 2.21. The number of benzene rings is 1. The molecule has 2 rings (SSSR count). The molecule has 1 heterocycles. The summed E-state index contributed by atoms with van der Waals surface area (Å²) in [5.41, 5.74) is 1.86. The van der Waals surface area contributed by atoms with E-state index in [1.165, 1.54) is 0 Å². The molecule has 2 N–H and O–H groups in total. The number of urea groups is 1. The molecule has 2 amide bonds. The van der Waals surface area contributed by atoms with E-state index in [0.717, 1.165) is 28.6 Å². The molecule has 1 unspecified atom stereocenters. The SMILES string of the molecule is Cc1ccc(Br)c(NC(=O)N2CCCC2CO)c1. The number of rotatable bonds is 2. The van der Waals surface area contributed by atoms with E-state index in [1.807, 2.05) is 25.1 Å². The fourth-order valence-corrected chi connectivity index (χ4v) is 2.56. The van der Waals surface area contributed by atoms with Gasteiger partial charge in [-0.25, -0.2) is 4.79 Å². The van der Waals surface area contributed by atoms with Gasteiger partial charge < -0.3 is 15.3 Å². The van der Waals surface area contributed by atoms with Gasteiger partial charge in [0.1, 0.15) is 0 Å². The average Bonchev–Trinajstić information content (AvgIpc) is 2.82. The molecule has 18 heavy (non-hydrogen) atoms. The van der Waals surface area contributed by atoms with Crippen molar-refractivity contribution in [3.05, 3.63) is 28.2 Å². The molecule has 0 aliphatic carbocycles. The highest BCUT2D eigenvalue weighted by atomic mass is 79.9. The van der Waals surface area contributed by atoms with Crippen LogP contribution in [0.5, 0.6) is 0 Å². The Bertz CT molecular complexity index is 451. The lowest BCUT2D eigenvalue weighted by molar-refractivity contribution is 0.166. The van der Waals surface area contributed by atoms with E-state index in [-0.39, 0.29) is 18.7 Å². The van der Waals surface area contributed by atoms with Gasteiger partial charge in [0, 0.05) is 11.0 Å². The number of halogens is 1. The third-order valence-corrected chi connectivity index (χ3v) is 3.90. The molecule has 98 valence electrons. The number of amides is 2. The van der Waals surface area contributed by atoms with E-state index >= 15 is 0 Å². The molecule has 1 aromatic carbocycles. The summed E-state index contributed by atoms with van der Waals surface area (Å²) >= 11 is 3.42. The molecule has 1 atom stereocenters. The fraction of sp³-hybridized carbons (Fsp3) is 0.462. The average molecular weight is 313 g/mol. The van der Waals surface area contributed by atoms with Crippen molar-refractivity contribution in [1.82, 2.24) is 4.90 Å². The summed E-state index contributed by atoms with van der Waals surface area (Å²) in [7, 11) is 0. The number of aliphatic hydroxyl groups is 1. The second-order valence-electron chi connectivity index (χ2n) is 4.59. The van der Waals surface area contributed by atoms with Gasteiger partial charge in [-0.1, -0.05) is 6.07 Å². The maximum absolute atomic E-state index is 12.1. The van der Waals surface area contributed by atoms with Gasteiger partial charge in [-0.15, -0.1) is 0 Å². The van der Waals surface area contributed by atoms with Crippen LogP contribution in [-0.2, 0) is 0 Å². The van der Waals surface area contributed by atoms with Gasteiger partial charge in [-0.05, 0) is 53.4 Å². The normalized spacial score (nSPS) is 19.1. The van der Waals surface area contributed by atoms with E-state index in [9.17, 15) is 9.90 Å². The lowest BCUT2D eigenvalue weighted by atomic mass is 10.2. The Hall–Kier alpha value is -1.07. The molecule has 1 saturated heterocycles. The van der Waals surface area contributed by atoms with Gasteiger partial charge in [0.05, 0.1) is 18.3 Å². The molecule has 0 aromatic heterocycles. The number of hydrogen-bond acceptors (Lipinski definition) is 2. The van der Waals surface area contributed by atoms with Crippen molar-refractivity contribution in [3.8, 4) is 0 Å². The Morgan fingerprint density at radius 2 is 2.39 bits per heavy atom. The van der Waals surface area contributed by atoms with Crippen LogP contribution >= 0.6 is 15.9 Å². The van der Waals surface area contributed by atoms with Crippen LogP contribution in [0.1, 0.15) is 18.4 Å². The highest BCUT2D eigenvalue weighted by molar-refractivity contribution is 9.10. The highest BCUT2D eigenvalue weighted by Gasteiger charge is 2.28. The molecule has 4 nitrogen and oxygen atoms in total. The summed E-state index contributed by atoms with van der Waals surface area (Å²) in [6, 6.07) is 5.63. The van der Waals surface area contributed by atoms with Crippen molar-refractivity contribution in [2.75, 3.05) is 18.5 Å². The number of aliphatic hydroxyl groups excluding tert-OH is 1. The van der Waals surface area contributed by atoms with Crippen LogP contribution in [0.2, 0.25) is 0 Å². The molecule has 1 aliphatic heterocycles. The smallest absolute Gasteiger partial charge is 0.322 e. The number of hydrogen-bond donors (Lipinski definition) is 2. The summed E-state index contributed by atoms with van der Waals surface area (Å²) in [4.78, 5) is 13.8. The maximum Gasteiger partial charge on any atom is 0.322 e. The number of carbonyl (C=O) groups excluding carboxylic acids is 1. The molecular weight excluding hydrogens is 296 g/mol. The van der Waals surface area contributed by atoms with E-state index in [2.05, 4.69) is 21.2 Å². The van der Waals surface area contributed by atoms with Crippen LogP contribution in [0.15, 0.2) is 22.7 Å². The Balaban J connectivity index is 2.09. The minimum Gasteiger partial charge on any atom is -0.394 e. The van der Waals surface area contributed by atoms with Gasteiger partial charge in [-0.3, -0.25) is 0 Å². The van der Waals surface area contributed by atoms with Gasteiger partial charge in [-0.2, -0.15) is 0 Å². The molecule has 5 heteroatoms. The molecule has 0 bridgehead atoms. The van der Waals surface area contributed by atoms with Crippen LogP contribution in [0.25, 0.3) is 0 Å². The number of anilines is 1. The van der Waals surface area contributed by atoms with Gasteiger partial charge in [0.15, 0.2) is 0 Å². The third kappa shape index (κ3) is 2.84. The molecule has 1 fully saturated rings. The summed E-state index contributed by atoms with van der Waals surface area (Å²) in [5.74, 6) is 0. The topological polar surface area (TPSA) is 52.6 Å². The highest BCUT2D eigenvalue weighted by Crippen LogP contribution is 2.25. The van der Waals surface area contributed by atoms with Crippen LogP contribution in [0.4, 0.5) is 10.5 Å². The Morgan fingerprint density at radius 3 is 3.11 bits per heavy atom. The quantitative estimate of drug-likeness (QED) is 0.882. The second-order valence-corrected chi connectivity index (χ2v) is 5.44. The molecule has 0 radical (unpaired) electrons. The zero-order valence-corrected chi connectivity index (χ0v) is 11.9. The predicted octanol–water partition coefficient (Wildman–Crippen LogP) is 2.75. The number of likely N-dealkylation sites (tertiary alicyclic amines) is 1. The first-order valence-corrected chi connectivity index (χ1v) is 6.85. The summed E-state index contributed by atoms with van der Waals surface area (Å²) in [6.45, 7) is 2.72. The Kier molecular flexibility index (Phi) is 4.24. The lowest BCUT2D eigenvalue weighted by Crippen LogP contribution is -2.40. The minimum absolute atomic E-state index is 0.0302. The molecular formula is C13H17BrN2O2. The third-order valence-electron chi connectivity index (χ3n) is 3.21. The Morgan fingerprint density at radius 1 is 1.61 bits per heavy atom. The van der Waals surface area contributed by atoms with E-state index in [0.29, 0.717) is 6.54 Å². The van der Waals surface area contributed by atoms with Gasteiger partial charge in [0.2, 0.25) is 0 Å². The van der Waals surface area contributed by atoms with Gasteiger partial charge >= 0.3 is 6.03 Å². The minimum atomic E-state index is -0.141. The van der Waals surface area contributed by atoms with Crippen molar-refractivity contribution in [2.45, 2.75) is 25.8 Å². The Labute approximate surface area is 115 Å². The number of nitrogens with one attached hydrogen (secondary N) is 1. The van der Waals surface area contributed by atoms with Crippen LogP contribution in [0, 0.1) is 6.92 Å². The lowest BCUT2D eigenvalue weighted by Gasteiger charge is -2.23. The molecule has 1 aliphatic rings. The molecule has 0 saturated carbocycles. The monoisotopic (exact) mass is 312 g/mol. The zero-order valence-electron chi connectivity index (χ0n) is 10.3. The number of nitrogens with zero attached hydrogens (tertiary/aromatic N) is 1. The van der Waals surface area contributed by atoms with Crippen molar-refractivity contribution < 1.29 is 9.90 Å². The van der Waals surface area contributed by atoms with E-state index < -0.39 is 0 Å². The van der Waals surface area contributed by atoms with Crippen molar-refractivity contribution >= 4 is 27.6 Å². The van der Waals surface area contributed by atoms with E-state index in [4.69, 9.17) is 0 Å². The van der Waals surface area contributed by atoms with Crippen molar-refractivity contribution in [2.24, 2.45) is 0 Å². The van der Waals surface area contributed by atoms with Gasteiger partial charge in [0.25, 0.3) is 0 Å². The number of carbonyl (C=O) groups is 1. The zero-order chi connectivity index (χ0) is 13.1. The van der Waals surface area contributed by atoms with Crippen LogP contribution < -0.4 is 5.32 Å². The standard InChI is InChI=1S/C13H17BrN2O2/c1-9-4-5-11(14)12(7-9)15-13(18)16-6-2-3-10(16)8-17/h4-5,7,10,17H,2-3,6,8H2,1H3,(H,15,18).